The lowest BCUT2D eigenvalue weighted by atomic mass is 9.67. The molecule has 0 spiro atoms. The summed E-state index contributed by atoms with van der Waals surface area (Å²) in [6, 6.07) is 0. The first kappa shape index (κ1) is 11.4. The van der Waals surface area contributed by atoms with Crippen LogP contribution in [0.4, 0.5) is 0 Å². The van der Waals surface area contributed by atoms with Gasteiger partial charge in [-0.2, -0.15) is 0 Å². The maximum Gasteiger partial charge on any atom is 0.320 e. The molecule has 1 saturated heterocycles. The van der Waals surface area contributed by atoms with Crippen molar-refractivity contribution < 1.29 is 14.3 Å². The lowest BCUT2D eigenvalue weighted by Gasteiger charge is -2.30. The zero-order chi connectivity index (χ0) is 11.6. The van der Waals surface area contributed by atoms with Crippen molar-refractivity contribution in [1.82, 2.24) is 0 Å². The fourth-order valence-electron chi connectivity index (χ4n) is 2.77. The molecule has 1 heterocycles. The topological polar surface area (TPSA) is 43.4 Å². The molecule has 0 radical (unpaired) electrons. The van der Waals surface area contributed by atoms with E-state index in [1.54, 1.807) is 0 Å². The number of fused-ring (bicyclic) bond motifs is 1. The molecular weight excluding hydrogens is 204 g/mol. The Morgan fingerprint density at radius 1 is 1.38 bits per heavy atom. The summed E-state index contributed by atoms with van der Waals surface area (Å²) in [5.74, 6) is -0.823. The Kier molecular flexibility index (Phi) is 3.13. The van der Waals surface area contributed by atoms with Crippen LogP contribution in [0.5, 0.6) is 0 Å². The third-order valence-electron chi connectivity index (χ3n) is 3.80. The van der Waals surface area contributed by atoms with Gasteiger partial charge in [0, 0.05) is 0 Å². The first-order chi connectivity index (χ1) is 7.70. The van der Waals surface area contributed by atoms with Crippen molar-refractivity contribution in [3.8, 4) is 0 Å². The molecule has 88 valence electrons. The maximum atomic E-state index is 11.9. The summed E-state index contributed by atoms with van der Waals surface area (Å²) in [5.41, 5.74) is -0.527. The standard InChI is InChI=1S/C13H18O3/c1-2-3-5-8-13-9-6-4-7-10(13)11(14)16-12(13)15/h4,6,10H,2-3,5,7-9H2,1H3. The number of unbranched alkanes of at least 4 members (excludes halogenated alkanes) is 2. The summed E-state index contributed by atoms with van der Waals surface area (Å²) in [4.78, 5) is 23.4. The van der Waals surface area contributed by atoms with E-state index in [-0.39, 0.29) is 17.9 Å². The molecule has 0 aromatic carbocycles. The number of rotatable bonds is 4. The van der Waals surface area contributed by atoms with Crippen molar-refractivity contribution in [3.05, 3.63) is 12.2 Å². The van der Waals surface area contributed by atoms with Crippen LogP contribution in [0.3, 0.4) is 0 Å². The molecule has 1 aliphatic carbocycles. The molecule has 0 amide bonds. The first-order valence-electron chi connectivity index (χ1n) is 6.12. The van der Waals surface area contributed by atoms with E-state index in [2.05, 4.69) is 6.92 Å². The SMILES string of the molecule is CCCCCC12CC=CCC1C(=O)OC2=O. The monoisotopic (exact) mass is 222 g/mol. The molecule has 0 saturated carbocycles. The number of hydrogen-bond donors (Lipinski definition) is 0. The summed E-state index contributed by atoms with van der Waals surface area (Å²) < 4.78 is 4.82. The van der Waals surface area contributed by atoms with Crippen molar-refractivity contribution in [2.24, 2.45) is 11.3 Å². The fourth-order valence-corrected chi connectivity index (χ4v) is 2.77. The Morgan fingerprint density at radius 3 is 2.94 bits per heavy atom. The number of cyclic esters (lactones) is 2. The zero-order valence-electron chi connectivity index (χ0n) is 9.70. The van der Waals surface area contributed by atoms with Crippen LogP contribution in [0.2, 0.25) is 0 Å². The summed E-state index contributed by atoms with van der Waals surface area (Å²) in [6.07, 6.45) is 9.37. The maximum absolute atomic E-state index is 11.9. The Bertz CT molecular complexity index is 332. The van der Waals surface area contributed by atoms with Gasteiger partial charge in [-0.3, -0.25) is 9.59 Å². The summed E-state index contributed by atoms with van der Waals surface area (Å²) in [5, 5.41) is 0. The normalized spacial score (nSPS) is 32.7. The van der Waals surface area contributed by atoms with Crippen LogP contribution < -0.4 is 0 Å². The highest BCUT2D eigenvalue weighted by Crippen LogP contribution is 2.48. The second-order valence-electron chi connectivity index (χ2n) is 4.79. The summed E-state index contributed by atoms with van der Waals surface area (Å²) in [7, 11) is 0. The molecule has 2 rings (SSSR count). The highest BCUT2D eigenvalue weighted by molar-refractivity contribution is 5.99. The third kappa shape index (κ3) is 1.68. The predicted molar refractivity (Wildman–Crippen MR) is 59.5 cm³/mol. The molecule has 1 fully saturated rings. The van der Waals surface area contributed by atoms with Crippen LogP contribution in [0.1, 0.15) is 45.4 Å². The van der Waals surface area contributed by atoms with Gasteiger partial charge in [0.05, 0.1) is 11.3 Å². The minimum Gasteiger partial charge on any atom is -0.392 e. The van der Waals surface area contributed by atoms with Crippen LogP contribution in [-0.2, 0) is 14.3 Å². The van der Waals surface area contributed by atoms with Gasteiger partial charge in [-0.1, -0.05) is 38.3 Å². The molecule has 3 heteroatoms. The van der Waals surface area contributed by atoms with Crippen LogP contribution in [0.25, 0.3) is 0 Å². The number of hydrogen-bond acceptors (Lipinski definition) is 3. The molecule has 0 N–H and O–H groups in total. The highest BCUT2D eigenvalue weighted by Gasteiger charge is 2.56. The van der Waals surface area contributed by atoms with Gasteiger partial charge in [0.2, 0.25) is 0 Å². The quantitative estimate of drug-likeness (QED) is 0.318. The van der Waals surface area contributed by atoms with E-state index in [9.17, 15) is 9.59 Å². The summed E-state index contributed by atoms with van der Waals surface area (Å²) >= 11 is 0. The smallest absolute Gasteiger partial charge is 0.320 e. The van der Waals surface area contributed by atoms with Gasteiger partial charge in [-0.25, -0.2) is 0 Å². The van der Waals surface area contributed by atoms with E-state index in [1.165, 1.54) is 0 Å². The molecular formula is C13H18O3. The van der Waals surface area contributed by atoms with Crippen molar-refractivity contribution in [2.45, 2.75) is 45.4 Å². The van der Waals surface area contributed by atoms with Crippen LogP contribution in [0, 0.1) is 11.3 Å². The Morgan fingerprint density at radius 2 is 2.19 bits per heavy atom. The second-order valence-corrected chi connectivity index (χ2v) is 4.79. The van der Waals surface area contributed by atoms with Crippen LogP contribution >= 0.6 is 0 Å². The average molecular weight is 222 g/mol. The number of carbonyl (C=O) groups is 2. The van der Waals surface area contributed by atoms with Crippen molar-refractivity contribution in [3.63, 3.8) is 0 Å². The average Bonchev–Trinajstić information content (AvgIpc) is 2.53. The Hall–Kier alpha value is -1.12. The molecule has 0 aromatic rings. The Labute approximate surface area is 95.9 Å². The van der Waals surface area contributed by atoms with E-state index in [0.717, 1.165) is 25.7 Å². The number of ether oxygens (including phenoxy) is 1. The molecule has 0 bridgehead atoms. The number of esters is 2. The van der Waals surface area contributed by atoms with Crippen molar-refractivity contribution >= 4 is 11.9 Å². The highest BCUT2D eigenvalue weighted by atomic mass is 16.6. The van der Waals surface area contributed by atoms with E-state index >= 15 is 0 Å². The van der Waals surface area contributed by atoms with Gasteiger partial charge in [0.15, 0.2) is 0 Å². The van der Waals surface area contributed by atoms with Crippen molar-refractivity contribution in [2.75, 3.05) is 0 Å². The molecule has 16 heavy (non-hydrogen) atoms. The van der Waals surface area contributed by atoms with Gasteiger partial charge < -0.3 is 4.74 Å². The number of carbonyl (C=O) groups excluding carboxylic acids is 2. The van der Waals surface area contributed by atoms with E-state index in [1.807, 2.05) is 12.2 Å². The molecule has 2 atom stereocenters. The molecule has 3 nitrogen and oxygen atoms in total. The van der Waals surface area contributed by atoms with Crippen molar-refractivity contribution in [1.29, 1.82) is 0 Å². The molecule has 1 aliphatic heterocycles. The first-order valence-corrected chi connectivity index (χ1v) is 6.12. The van der Waals surface area contributed by atoms with Gasteiger partial charge in [-0.05, 0) is 19.3 Å². The summed E-state index contributed by atoms with van der Waals surface area (Å²) in [6.45, 7) is 2.13. The van der Waals surface area contributed by atoms with E-state index < -0.39 is 5.41 Å². The van der Waals surface area contributed by atoms with Crippen LogP contribution in [-0.4, -0.2) is 11.9 Å². The Balaban J connectivity index is 2.16. The minimum atomic E-state index is -0.527. The third-order valence-corrected chi connectivity index (χ3v) is 3.80. The number of allylic oxidation sites excluding steroid dienone is 2. The van der Waals surface area contributed by atoms with Gasteiger partial charge in [-0.15, -0.1) is 0 Å². The lowest BCUT2D eigenvalue weighted by Crippen LogP contribution is -2.35. The molecule has 0 aromatic heterocycles. The molecule has 2 aliphatic rings. The largest absolute Gasteiger partial charge is 0.392 e. The van der Waals surface area contributed by atoms with E-state index in [4.69, 9.17) is 4.74 Å². The van der Waals surface area contributed by atoms with Gasteiger partial charge >= 0.3 is 11.9 Å². The molecule has 2 unspecified atom stereocenters. The second kappa shape index (κ2) is 4.40. The van der Waals surface area contributed by atoms with Gasteiger partial charge in [0.25, 0.3) is 0 Å². The lowest BCUT2D eigenvalue weighted by molar-refractivity contribution is -0.155. The van der Waals surface area contributed by atoms with Crippen LogP contribution in [0.15, 0.2) is 12.2 Å². The predicted octanol–water partition coefficient (Wildman–Crippen LogP) is 2.60. The van der Waals surface area contributed by atoms with E-state index in [0.29, 0.717) is 12.8 Å². The zero-order valence-corrected chi connectivity index (χ0v) is 9.70. The fraction of sp³-hybridized carbons (Fsp3) is 0.692. The van der Waals surface area contributed by atoms with Gasteiger partial charge in [0.1, 0.15) is 0 Å². The minimum absolute atomic E-state index is 0.221.